The topological polar surface area (TPSA) is 13.7 Å². The summed E-state index contributed by atoms with van der Waals surface area (Å²) in [6, 6.07) is 0. The van der Waals surface area contributed by atoms with Crippen molar-refractivity contribution in [1.29, 1.82) is 0 Å². The maximum absolute atomic E-state index is 5.41. The Morgan fingerprint density at radius 1 is 1.11 bits per heavy atom. The lowest BCUT2D eigenvalue weighted by Gasteiger charge is -2.11. The zero-order valence-corrected chi connectivity index (χ0v) is 6.74. The van der Waals surface area contributed by atoms with Crippen molar-refractivity contribution >= 4 is 0 Å². The van der Waals surface area contributed by atoms with Gasteiger partial charge in [0.2, 0.25) is 0 Å². The van der Waals surface area contributed by atoms with Crippen molar-refractivity contribution in [2.75, 3.05) is 19.7 Å². The van der Waals surface area contributed by atoms with Gasteiger partial charge in [0.1, 0.15) is 19.7 Å². The molecule has 0 aromatic carbocycles. The van der Waals surface area contributed by atoms with E-state index in [0.717, 1.165) is 26.1 Å². The van der Waals surface area contributed by atoms with Crippen molar-refractivity contribution in [2.24, 2.45) is 0 Å². The molecule has 0 saturated carbocycles. The molecule has 2 nitrogen and oxygen atoms in total. The molecule has 0 fully saturated rings. The number of hydroxylamine groups is 2. The van der Waals surface area contributed by atoms with Gasteiger partial charge in [-0.05, 0) is 20.3 Å². The van der Waals surface area contributed by atoms with Gasteiger partial charge in [-0.15, -0.1) is 0 Å². The number of quaternary nitrogens is 1. The average Bonchev–Trinajstić information content (AvgIpc) is 1.91. The maximum atomic E-state index is 5.41. The fourth-order valence-corrected chi connectivity index (χ4v) is 0.701. The summed E-state index contributed by atoms with van der Waals surface area (Å²) in [5.74, 6) is 0. The molecule has 0 bridgehead atoms. The van der Waals surface area contributed by atoms with E-state index in [0.29, 0.717) is 0 Å². The molecule has 0 aliphatic carbocycles. The minimum Gasteiger partial charge on any atom is -0.205 e. The highest BCUT2D eigenvalue weighted by Gasteiger charge is 1.99. The van der Waals surface area contributed by atoms with Crippen LogP contribution in [0.1, 0.15) is 27.2 Å². The van der Waals surface area contributed by atoms with E-state index in [1.165, 1.54) is 5.06 Å². The van der Waals surface area contributed by atoms with Gasteiger partial charge in [0.25, 0.3) is 0 Å². The first-order valence-corrected chi connectivity index (χ1v) is 3.82. The van der Waals surface area contributed by atoms with E-state index in [-0.39, 0.29) is 0 Å². The normalized spacial score (nSPS) is 10.7. The van der Waals surface area contributed by atoms with E-state index in [1.54, 1.807) is 0 Å². The van der Waals surface area contributed by atoms with Crippen molar-refractivity contribution in [3.63, 3.8) is 0 Å². The molecular formula is C7H18NO+. The van der Waals surface area contributed by atoms with E-state index >= 15 is 0 Å². The van der Waals surface area contributed by atoms with Crippen LogP contribution in [0.2, 0.25) is 0 Å². The van der Waals surface area contributed by atoms with Gasteiger partial charge in [0.05, 0.1) is 0 Å². The molecule has 0 rings (SSSR count). The van der Waals surface area contributed by atoms with Crippen molar-refractivity contribution in [3.05, 3.63) is 0 Å². The van der Waals surface area contributed by atoms with E-state index in [1.807, 2.05) is 0 Å². The van der Waals surface area contributed by atoms with Crippen molar-refractivity contribution in [3.8, 4) is 0 Å². The molecule has 0 spiro atoms. The quantitative estimate of drug-likeness (QED) is 0.529. The lowest BCUT2D eigenvalue weighted by molar-refractivity contribution is -1.09. The van der Waals surface area contributed by atoms with Gasteiger partial charge in [-0.25, -0.2) is 4.84 Å². The van der Waals surface area contributed by atoms with Crippen LogP contribution in [0.15, 0.2) is 0 Å². The van der Waals surface area contributed by atoms with Crippen molar-refractivity contribution in [1.82, 2.24) is 0 Å². The van der Waals surface area contributed by atoms with Crippen LogP contribution in [-0.4, -0.2) is 19.7 Å². The summed E-state index contributed by atoms with van der Waals surface area (Å²) in [6.07, 6.45) is 1.11. The van der Waals surface area contributed by atoms with Crippen LogP contribution in [0.3, 0.4) is 0 Å². The average molecular weight is 132 g/mol. The Bertz CT molecular complexity index is 52.9. The van der Waals surface area contributed by atoms with Gasteiger partial charge in [0.15, 0.2) is 0 Å². The van der Waals surface area contributed by atoms with Gasteiger partial charge < -0.3 is 0 Å². The predicted octanol–water partition coefficient (Wildman–Crippen LogP) is 0.253. The van der Waals surface area contributed by atoms with Crippen LogP contribution >= 0.6 is 0 Å². The van der Waals surface area contributed by atoms with Crippen LogP contribution in [0.25, 0.3) is 0 Å². The van der Waals surface area contributed by atoms with Gasteiger partial charge in [-0.2, -0.15) is 5.06 Å². The van der Waals surface area contributed by atoms with Gasteiger partial charge >= 0.3 is 0 Å². The number of nitrogens with one attached hydrogen (secondary N) is 1. The molecule has 0 saturated heterocycles. The molecule has 0 radical (unpaired) electrons. The van der Waals surface area contributed by atoms with Gasteiger partial charge in [-0.1, -0.05) is 6.92 Å². The van der Waals surface area contributed by atoms with E-state index in [9.17, 15) is 0 Å². The standard InChI is InChI=1S/C7H17NO/c1-4-7-9-8(5-2)6-3/h4-7H2,1-3H3/p+1. The largest absolute Gasteiger partial charge is 0.205 e. The molecule has 56 valence electrons. The molecule has 0 amide bonds. The van der Waals surface area contributed by atoms with Gasteiger partial charge in [0, 0.05) is 0 Å². The third-order valence-electron chi connectivity index (χ3n) is 1.30. The Morgan fingerprint density at radius 3 is 2.00 bits per heavy atom. The van der Waals surface area contributed by atoms with Crippen LogP contribution < -0.4 is 5.06 Å². The zero-order chi connectivity index (χ0) is 7.11. The monoisotopic (exact) mass is 132 g/mol. The lowest BCUT2D eigenvalue weighted by Crippen LogP contribution is -3.10. The van der Waals surface area contributed by atoms with Gasteiger partial charge in [-0.3, -0.25) is 0 Å². The summed E-state index contributed by atoms with van der Waals surface area (Å²) in [6.45, 7) is 9.41. The summed E-state index contributed by atoms with van der Waals surface area (Å²) in [5.41, 5.74) is 0. The van der Waals surface area contributed by atoms with Crippen LogP contribution in [0.5, 0.6) is 0 Å². The highest BCUT2D eigenvalue weighted by Crippen LogP contribution is 1.70. The third-order valence-corrected chi connectivity index (χ3v) is 1.30. The Labute approximate surface area is 57.8 Å². The smallest absolute Gasteiger partial charge is 0.106 e. The van der Waals surface area contributed by atoms with Crippen LogP contribution in [0.4, 0.5) is 0 Å². The lowest BCUT2D eigenvalue weighted by atomic mass is 10.5. The second-order valence-electron chi connectivity index (χ2n) is 2.09. The Hall–Kier alpha value is -0.0800. The number of hydrogen-bond acceptors (Lipinski definition) is 1. The summed E-state index contributed by atoms with van der Waals surface area (Å²) in [7, 11) is 0. The molecule has 0 aliphatic rings. The molecule has 2 heteroatoms. The zero-order valence-electron chi connectivity index (χ0n) is 6.74. The van der Waals surface area contributed by atoms with E-state index in [2.05, 4.69) is 20.8 Å². The molecular weight excluding hydrogens is 114 g/mol. The first kappa shape index (κ1) is 8.92. The van der Waals surface area contributed by atoms with Crippen LogP contribution in [-0.2, 0) is 4.84 Å². The minimum absolute atomic E-state index is 0.886. The first-order chi connectivity index (χ1) is 4.35. The summed E-state index contributed by atoms with van der Waals surface area (Å²) in [5, 5.41) is 1.23. The second-order valence-corrected chi connectivity index (χ2v) is 2.09. The summed E-state index contributed by atoms with van der Waals surface area (Å²) >= 11 is 0. The van der Waals surface area contributed by atoms with E-state index < -0.39 is 0 Å². The molecule has 0 atom stereocenters. The third kappa shape index (κ3) is 4.43. The SMILES string of the molecule is CCCO[NH+](CC)CC. The maximum Gasteiger partial charge on any atom is 0.106 e. The minimum atomic E-state index is 0.886. The summed E-state index contributed by atoms with van der Waals surface area (Å²) in [4.78, 5) is 5.41. The second kappa shape index (κ2) is 6.05. The number of hydrogen-bond donors (Lipinski definition) is 1. The Kier molecular flexibility index (Phi) is 5.99. The van der Waals surface area contributed by atoms with Crippen molar-refractivity contribution in [2.45, 2.75) is 27.2 Å². The molecule has 0 unspecified atom stereocenters. The first-order valence-electron chi connectivity index (χ1n) is 3.82. The predicted molar refractivity (Wildman–Crippen MR) is 38.3 cm³/mol. The highest BCUT2D eigenvalue weighted by atomic mass is 16.7. The molecule has 1 N–H and O–H groups in total. The Morgan fingerprint density at radius 2 is 1.67 bits per heavy atom. The van der Waals surface area contributed by atoms with Crippen LogP contribution in [0, 0.1) is 0 Å². The van der Waals surface area contributed by atoms with E-state index in [4.69, 9.17) is 4.84 Å². The molecule has 9 heavy (non-hydrogen) atoms. The Balaban J connectivity index is 3.09. The molecule has 0 heterocycles. The molecule has 0 aromatic rings. The summed E-state index contributed by atoms with van der Waals surface area (Å²) < 4.78 is 0. The fraction of sp³-hybridized carbons (Fsp3) is 1.00. The fourth-order valence-electron chi connectivity index (χ4n) is 0.701. The number of rotatable bonds is 5. The molecule has 0 aliphatic heterocycles. The highest BCUT2D eigenvalue weighted by molar-refractivity contribution is 4.14. The van der Waals surface area contributed by atoms with Crippen molar-refractivity contribution < 1.29 is 9.90 Å². The molecule has 0 aromatic heterocycles.